The molecule has 1 aromatic carbocycles. The molecule has 3 nitrogen and oxygen atoms in total. The predicted octanol–water partition coefficient (Wildman–Crippen LogP) is 7.82. The minimum absolute atomic E-state index is 0.0708. The van der Waals surface area contributed by atoms with Gasteiger partial charge in [-0.3, -0.25) is 4.98 Å². The molecule has 0 aliphatic carbocycles. The Balaban J connectivity index is 2.49. The van der Waals surface area contributed by atoms with E-state index in [0.29, 0.717) is 23.3 Å². The molecule has 0 aliphatic rings. The Bertz CT molecular complexity index is 1130. The number of hydrogen-bond acceptors (Lipinski definition) is 2. The number of methoxy groups -OCH3 is 1. The maximum atomic E-state index is 13.9. The van der Waals surface area contributed by atoms with Crippen LogP contribution in [0.15, 0.2) is 30.5 Å². The van der Waals surface area contributed by atoms with E-state index in [1.807, 2.05) is 45.0 Å². The molecule has 180 valence electrons. The summed E-state index contributed by atoms with van der Waals surface area (Å²) in [7, 11) is 1.60. The number of aryl methyl sites for hydroxylation is 2. The Hall–Kier alpha value is -2.34. The van der Waals surface area contributed by atoms with Gasteiger partial charge in [0.25, 0.3) is 0 Å². The molecular weight excluding hydrogens is 425 g/mol. The third-order valence-corrected chi connectivity index (χ3v) is 6.65. The monoisotopic (exact) mass is 460 g/mol. The zero-order valence-corrected chi connectivity index (χ0v) is 20.7. The molecule has 0 fully saturated rings. The topological polar surface area (TPSA) is 27.1 Å². The number of rotatable bonds is 8. The number of pyridine rings is 1. The Labute approximate surface area is 195 Å². The highest BCUT2D eigenvalue weighted by molar-refractivity contribution is 5.93. The van der Waals surface area contributed by atoms with E-state index in [1.54, 1.807) is 13.3 Å². The summed E-state index contributed by atoms with van der Waals surface area (Å²) < 4.78 is 48.6. The van der Waals surface area contributed by atoms with E-state index in [1.165, 1.54) is 4.57 Å². The van der Waals surface area contributed by atoms with Gasteiger partial charge in [0.05, 0.1) is 17.5 Å². The molecule has 3 aromatic rings. The SMILES string of the molecule is CCc1cnc(C(C)OC)c(-c2c(CC(C)(C)CC)c3cc(C)ccc3n2CC(F)(F)F)c1. The highest BCUT2D eigenvalue weighted by Gasteiger charge is 2.34. The first-order valence-electron chi connectivity index (χ1n) is 11.6. The van der Waals surface area contributed by atoms with Gasteiger partial charge in [-0.05, 0) is 61.4 Å². The lowest BCUT2D eigenvalue weighted by Gasteiger charge is -2.25. The fourth-order valence-electron chi connectivity index (χ4n) is 4.31. The highest BCUT2D eigenvalue weighted by atomic mass is 19.4. The van der Waals surface area contributed by atoms with Crippen LogP contribution in [0.2, 0.25) is 0 Å². The van der Waals surface area contributed by atoms with Gasteiger partial charge in [-0.1, -0.05) is 45.7 Å². The molecule has 2 heterocycles. The molecule has 2 aromatic heterocycles. The average Bonchev–Trinajstić information content (AvgIpc) is 3.02. The van der Waals surface area contributed by atoms with Crippen LogP contribution in [0.3, 0.4) is 0 Å². The van der Waals surface area contributed by atoms with Crippen molar-refractivity contribution in [1.82, 2.24) is 9.55 Å². The Morgan fingerprint density at radius 3 is 2.39 bits per heavy atom. The van der Waals surface area contributed by atoms with Gasteiger partial charge in [0, 0.05) is 29.8 Å². The van der Waals surface area contributed by atoms with Gasteiger partial charge in [-0.25, -0.2) is 0 Å². The third kappa shape index (κ3) is 5.43. The molecule has 0 amide bonds. The minimum atomic E-state index is -4.36. The summed E-state index contributed by atoms with van der Waals surface area (Å²) in [5.41, 5.74) is 5.49. The quantitative estimate of drug-likeness (QED) is 0.343. The molecule has 0 radical (unpaired) electrons. The van der Waals surface area contributed by atoms with E-state index in [0.717, 1.165) is 40.5 Å². The van der Waals surface area contributed by atoms with Crippen LogP contribution in [0.5, 0.6) is 0 Å². The predicted molar refractivity (Wildman–Crippen MR) is 129 cm³/mol. The number of aromatic nitrogens is 2. The molecule has 6 heteroatoms. The molecule has 1 atom stereocenters. The number of fused-ring (bicyclic) bond motifs is 1. The van der Waals surface area contributed by atoms with Crippen molar-refractivity contribution in [2.45, 2.75) is 79.6 Å². The highest BCUT2D eigenvalue weighted by Crippen LogP contribution is 2.42. The Kier molecular flexibility index (Phi) is 7.27. The lowest BCUT2D eigenvalue weighted by atomic mass is 9.81. The zero-order valence-electron chi connectivity index (χ0n) is 20.7. The van der Waals surface area contributed by atoms with Crippen LogP contribution in [0.1, 0.15) is 69.5 Å². The summed E-state index contributed by atoms with van der Waals surface area (Å²) in [5, 5.41) is 0.883. The van der Waals surface area contributed by atoms with Crippen molar-refractivity contribution in [3.05, 3.63) is 52.8 Å². The Morgan fingerprint density at radius 2 is 1.82 bits per heavy atom. The van der Waals surface area contributed by atoms with Gasteiger partial charge >= 0.3 is 6.18 Å². The molecule has 33 heavy (non-hydrogen) atoms. The summed E-state index contributed by atoms with van der Waals surface area (Å²) >= 11 is 0. The largest absolute Gasteiger partial charge is 0.406 e. The molecule has 0 N–H and O–H groups in total. The van der Waals surface area contributed by atoms with Gasteiger partial charge in [-0.15, -0.1) is 0 Å². The van der Waals surface area contributed by atoms with Crippen LogP contribution in [0.25, 0.3) is 22.2 Å². The first kappa shape index (κ1) is 25.3. The summed E-state index contributed by atoms with van der Waals surface area (Å²) in [6.07, 6.45) is -0.580. The fourth-order valence-corrected chi connectivity index (χ4v) is 4.31. The van der Waals surface area contributed by atoms with Gasteiger partial charge in [0.2, 0.25) is 0 Å². The van der Waals surface area contributed by atoms with Crippen molar-refractivity contribution in [1.29, 1.82) is 0 Å². The first-order chi connectivity index (χ1) is 15.4. The van der Waals surface area contributed by atoms with Crippen LogP contribution >= 0.6 is 0 Å². The van der Waals surface area contributed by atoms with Gasteiger partial charge in [-0.2, -0.15) is 13.2 Å². The molecule has 0 bridgehead atoms. The van der Waals surface area contributed by atoms with E-state index in [2.05, 4.69) is 25.8 Å². The van der Waals surface area contributed by atoms with Crippen LogP contribution < -0.4 is 0 Å². The lowest BCUT2D eigenvalue weighted by Crippen LogP contribution is -2.20. The number of hydrogen-bond donors (Lipinski definition) is 0. The standard InChI is InChI=1S/C27H35F3N2O/c1-8-19-13-21(24(31-15-19)18(4)33-7)25-22(14-26(5,6)9-2)20-12-17(3)10-11-23(20)32(25)16-27(28,29)30/h10-13,15,18H,8-9,14,16H2,1-7H3. The van der Waals surface area contributed by atoms with Gasteiger partial charge in [0.15, 0.2) is 0 Å². The molecule has 1 unspecified atom stereocenters. The van der Waals surface area contributed by atoms with Crippen molar-refractivity contribution in [3.63, 3.8) is 0 Å². The van der Waals surface area contributed by atoms with E-state index < -0.39 is 12.7 Å². The summed E-state index contributed by atoms with van der Waals surface area (Å²) in [6, 6.07) is 7.71. The number of benzene rings is 1. The van der Waals surface area contributed by atoms with Gasteiger partial charge in [0.1, 0.15) is 6.54 Å². The van der Waals surface area contributed by atoms with E-state index in [9.17, 15) is 13.2 Å². The molecule has 0 aliphatic heterocycles. The Morgan fingerprint density at radius 1 is 1.12 bits per heavy atom. The zero-order chi connectivity index (χ0) is 24.6. The van der Waals surface area contributed by atoms with Gasteiger partial charge < -0.3 is 9.30 Å². The van der Waals surface area contributed by atoms with Crippen LogP contribution in [0, 0.1) is 12.3 Å². The average molecular weight is 461 g/mol. The van der Waals surface area contributed by atoms with Crippen molar-refractivity contribution in [2.24, 2.45) is 5.41 Å². The number of alkyl halides is 3. The summed E-state index contributed by atoms with van der Waals surface area (Å²) in [4.78, 5) is 4.66. The number of halogens is 3. The van der Waals surface area contributed by atoms with Crippen molar-refractivity contribution < 1.29 is 17.9 Å². The lowest BCUT2D eigenvalue weighted by molar-refractivity contribution is -0.139. The van der Waals surface area contributed by atoms with Crippen LogP contribution in [-0.2, 0) is 24.1 Å². The van der Waals surface area contributed by atoms with Crippen LogP contribution in [0.4, 0.5) is 13.2 Å². The smallest absolute Gasteiger partial charge is 0.375 e. The normalized spacial score (nSPS) is 13.6. The fraction of sp³-hybridized carbons (Fsp3) is 0.519. The molecule has 0 saturated carbocycles. The second-order valence-electron chi connectivity index (χ2n) is 9.75. The maximum Gasteiger partial charge on any atom is 0.406 e. The summed E-state index contributed by atoms with van der Waals surface area (Å²) in [6.45, 7) is 11.3. The van der Waals surface area contributed by atoms with Crippen molar-refractivity contribution in [3.8, 4) is 11.3 Å². The van der Waals surface area contributed by atoms with Crippen molar-refractivity contribution >= 4 is 10.9 Å². The molecule has 3 rings (SSSR count). The number of ether oxygens (including phenoxy) is 1. The molecular formula is C27H35F3N2O. The van der Waals surface area contributed by atoms with E-state index >= 15 is 0 Å². The minimum Gasteiger partial charge on any atom is -0.375 e. The van der Waals surface area contributed by atoms with E-state index in [4.69, 9.17) is 4.74 Å². The maximum absolute atomic E-state index is 13.9. The molecule has 0 spiro atoms. The second kappa shape index (κ2) is 9.49. The van der Waals surface area contributed by atoms with E-state index in [-0.39, 0.29) is 11.5 Å². The van der Waals surface area contributed by atoms with Crippen molar-refractivity contribution in [2.75, 3.05) is 7.11 Å². The third-order valence-electron chi connectivity index (χ3n) is 6.65. The van der Waals surface area contributed by atoms with Crippen LogP contribution in [-0.4, -0.2) is 22.8 Å². The number of nitrogens with zero attached hydrogens (tertiary/aromatic N) is 2. The second-order valence-corrected chi connectivity index (χ2v) is 9.75. The first-order valence-corrected chi connectivity index (χ1v) is 11.6. The molecule has 0 saturated heterocycles. The summed E-state index contributed by atoms with van der Waals surface area (Å²) in [5.74, 6) is 0.